The summed E-state index contributed by atoms with van der Waals surface area (Å²) >= 11 is 0. The van der Waals surface area contributed by atoms with E-state index in [9.17, 15) is 0 Å². The number of hydrogen-bond donors (Lipinski definition) is 1. The predicted molar refractivity (Wildman–Crippen MR) is 78.5 cm³/mol. The molecule has 1 fully saturated rings. The summed E-state index contributed by atoms with van der Waals surface area (Å²) in [4.78, 5) is 0. The standard InChI is InChI=1S/C17H27N/c1-15(2)11-16(3,4)13-17(18,12-15)10-14-8-6-5-7-9-14/h5-9H,10-13,18H2,1-4H3. The van der Waals surface area contributed by atoms with Crippen LogP contribution < -0.4 is 5.73 Å². The second-order valence-corrected chi connectivity index (χ2v) is 7.88. The van der Waals surface area contributed by atoms with Crippen LogP contribution in [0.25, 0.3) is 0 Å². The third-order valence-corrected chi connectivity index (χ3v) is 4.02. The van der Waals surface area contributed by atoms with Crippen LogP contribution in [0.5, 0.6) is 0 Å². The minimum Gasteiger partial charge on any atom is -0.325 e. The molecule has 0 unspecified atom stereocenters. The topological polar surface area (TPSA) is 26.0 Å². The van der Waals surface area contributed by atoms with E-state index in [1.54, 1.807) is 0 Å². The molecule has 1 aromatic carbocycles. The molecule has 0 heterocycles. The first-order chi connectivity index (χ1) is 8.20. The van der Waals surface area contributed by atoms with E-state index in [0.717, 1.165) is 19.3 Å². The maximum Gasteiger partial charge on any atom is 0.0205 e. The third kappa shape index (κ3) is 3.35. The average molecular weight is 245 g/mol. The molecule has 0 amide bonds. The van der Waals surface area contributed by atoms with Gasteiger partial charge in [-0.25, -0.2) is 0 Å². The molecule has 100 valence electrons. The van der Waals surface area contributed by atoms with Gasteiger partial charge in [0.25, 0.3) is 0 Å². The van der Waals surface area contributed by atoms with Gasteiger partial charge < -0.3 is 5.73 Å². The van der Waals surface area contributed by atoms with Crippen molar-refractivity contribution in [3.05, 3.63) is 35.9 Å². The third-order valence-electron chi connectivity index (χ3n) is 4.02. The molecule has 0 atom stereocenters. The van der Waals surface area contributed by atoms with Gasteiger partial charge in [0.2, 0.25) is 0 Å². The van der Waals surface area contributed by atoms with Gasteiger partial charge >= 0.3 is 0 Å². The highest BCUT2D eigenvalue weighted by atomic mass is 14.8. The van der Waals surface area contributed by atoms with Crippen LogP contribution in [0.2, 0.25) is 0 Å². The van der Waals surface area contributed by atoms with Crippen LogP contribution in [-0.4, -0.2) is 5.54 Å². The molecule has 0 spiro atoms. The molecular formula is C17H27N. The molecule has 18 heavy (non-hydrogen) atoms. The first-order valence-corrected chi connectivity index (χ1v) is 7.03. The second kappa shape index (κ2) is 4.38. The second-order valence-electron chi connectivity index (χ2n) is 7.88. The van der Waals surface area contributed by atoms with Gasteiger partial charge in [-0.1, -0.05) is 58.0 Å². The Kier molecular flexibility index (Phi) is 3.31. The van der Waals surface area contributed by atoms with Crippen molar-refractivity contribution in [2.24, 2.45) is 16.6 Å². The Bertz CT molecular complexity index is 387. The number of hydrogen-bond acceptors (Lipinski definition) is 1. The molecule has 0 radical (unpaired) electrons. The Labute approximate surface area is 112 Å². The fourth-order valence-electron chi connectivity index (χ4n) is 4.52. The lowest BCUT2D eigenvalue weighted by Gasteiger charge is -2.50. The summed E-state index contributed by atoms with van der Waals surface area (Å²) in [6.45, 7) is 9.45. The molecule has 2 N–H and O–H groups in total. The highest BCUT2D eigenvalue weighted by molar-refractivity contribution is 5.19. The molecule has 1 aliphatic rings. The van der Waals surface area contributed by atoms with Crippen molar-refractivity contribution >= 4 is 0 Å². The lowest BCUT2D eigenvalue weighted by molar-refractivity contribution is 0.0487. The van der Waals surface area contributed by atoms with E-state index in [1.165, 1.54) is 12.0 Å². The highest BCUT2D eigenvalue weighted by Gasteiger charge is 2.45. The molecule has 0 aliphatic heterocycles. The van der Waals surface area contributed by atoms with Crippen molar-refractivity contribution in [2.45, 2.75) is 58.9 Å². The summed E-state index contributed by atoms with van der Waals surface area (Å²) < 4.78 is 0. The molecule has 1 aromatic rings. The van der Waals surface area contributed by atoms with Crippen LogP contribution in [0.3, 0.4) is 0 Å². The van der Waals surface area contributed by atoms with Gasteiger partial charge in [-0.2, -0.15) is 0 Å². The van der Waals surface area contributed by atoms with Crippen molar-refractivity contribution in [1.82, 2.24) is 0 Å². The zero-order valence-electron chi connectivity index (χ0n) is 12.3. The van der Waals surface area contributed by atoms with E-state index in [1.807, 2.05) is 0 Å². The van der Waals surface area contributed by atoms with E-state index in [0.29, 0.717) is 10.8 Å². The van der Waals surface area contributed by atoms with Crippen LogP contribution in [0.1, 0.15) is 52.5 Å². The van der Waals surface area contributed by atoms with Crippen molar-refractivity contribution in [3.8, 4) is 0 Å². The van der Waals surface area contributed by atoms with Crippen molar-refractivity contribution in [3.63, 3.8) is 0 Å². The van der Waals surface area contributed by atoms with Crippen molar-refractivity contribution in [2.75, 3.05) is 0 Å². The summed E-state index contributed by atoms with van der Waals surface area (Å²) in [6, 6.07) is 10.7. The normalized spacial score (nSPS) is 24.7. The molecule has 0 saturated heterocycles. The van der Waals surface area contributed by atoms with Crippen LogP contribution in [0.4, 0.5) is 0 Å². The Morgan fingerprint density at radius 3 is 1.89 bits per heavy atom. The van der Waals surface area contributed by atoms with Gasteiger partial charge in [-0.05, 0) is 42.1 Å². The van der Waals surface area contributed by atoms with Crippen LogP contribution in [0, 0.1) is 10.8 Å². The Hall–Kier alpha value is -0.820. The Morgan fingerprint density at radius 1 is 0.889 bits per heavy atom. The number of benzene rings is 1. The summed E-state index contributed by atoms with van der Waals surface area (Å²) in [6.07, 6.45) is 4.52. The largest absolute Gasteiger partial charge is 0.325 e. The summed E-state index contributed by atoms with van der Waals surface area (Å²) in [5.41, 5.74) is 8.77. The quantitative estimate of drug-likeness (QED) is 0.831. The molecule has 0 bridgehead atoms. The zero-order chi connectivity index (χ0) is 13.4. The van der Waals surface area contributed by atoms with Gasteiger partial charge in [-0.15, -0.1) is 0 Å². The van der Waals surface area contributed by atoms with Gasteiger partial charge in [0.15, 0.2) is 0 Å². The Morgan fingerprint density at radius 2 is 1.39 bits per heavy atom. The van der Waals surface area contributed by atoms with Crippen LogP contribution >= 0.6 is 0 Å². The predicted octanol–water partition coefficient (Wildman–Crippen LogP) is 4.16. The summed E-state index contributed by atoms with van der Waals surface area (Å²) in [5, 5.41) is 0. The molecule has 1 saturated carbocycles. The maximum atomic E-state index is 6.74. The van der Waals surface area contributed by atoms with Gasteiger partial charge in [-0.3, -0.25) is 0 Å². The van der Waals surface area contributed by atoms with Gasteiger partial charge in [0.1, 0.15) is 0 Å². The fourth-order valence-corrected chi connectivity index (χ4v) is 4.52. The van der Waals surface area contributed by atoms with E-state index in [2.05, 4.69) is 58.0 Å². The molecule has 1 heteroatoms. The first kappa shape index (κ1) is 13.6. The number of nitrogens with two attached hydrogens (primary N) is 1. The average Bonchev–Trinajstić information content (AvgIpc) is 2.11. The molecule has 1 aliphatic carbocycles. The fraction of sp³-hybridized carbons (Fsp3) is 0.647. The zero-order valence-corrected chi connectivity index (χ0v) is 12.3. The van der Waals surface area contributed by atoms with Crippen LogP contribution in [0.15, 0.2) is 30.3 Å². The van der Waals surface area contributed by atoms with Crippen molar-refractivity contribution in [1.29, 1.82) is 0 Å². The number of rotatable bonds is 2. The maximum absolute atomic E-state index is 6.74. The first-order valence-electron chi connectivity index (χ1n) is 7.03. The van der Waals surface area contributed by atoms with E-state index in [4.69, 9.17) is 5.73 Å². The van der Waals surface area contributed by atoms with E-state index < -0.39 is 0 Å². The van der Waals surface area contributed by atoms with E-state index >= 15 is 0 Å². The van der Waals surface area contributed by atoms with Gasteiger partial charge in [0, 0.05) is 5.54 Å². The summed E-state index contributed by atoms with van der Waals surface area (Å²) in [7, 11) is 0. The Balaban J connectivity index is 2.19. The SMILES string of the molecule is CC1(C)CC(C)(C)CC(N)(Cc2ccccc2)C1. The highest BCUT2D eigenvalue weighted by Crippen LogP contribution is 2.49. The lowest BCUT2D eigenvalue weighted by Crippen LogP contribution is -2.53. The monoisotopic (exact) mass is 245 g/mol. The van der Waals surface area contributed by atoms with Crippen molar-refractivity contribution < 1.29 is 0 Å². The smallest absolute Gasteiger partial charge is 0.0205 e. The van der Waals surface area contributed by atoms with E-state index in [-0.39, 0.29) is 5.54 Å². The molecule has 1 nitrogen and oxygen atoms in total. The minimum atomic E-state index is -0.0490. The minimum absolute atomic E-state index is 0.0490. The molecule has 2 rings (SSSR count). The summed E-state index contributed by atoms with van der Waals surface area (Å²) in [5.74, 6) is 0. The molecular weight excluding hydrogens is 218 g/mol. The van der Waals surface area contributed by atoms with Crippen LogP contribution in [-0.2, 0) is 6.42 Å². The van der Waals surface area contributed by atoms with Gasteiger partial charge in [0.05, 0.1) is 0 Å². The lowest BCUT2D eigenvalue weighted by atomic mass is 9.57. The molecule has 0 aromatic heterocycles.